The van der Waals surface area contributed by atoms with Gasteiger partial charge in [0, 0.05) is 24.9 Å². The maximum Gasteiger partial charge on any atom is 0.325 e. The van der Waals surface area contributed by atoms with Crippen LogP contribution in [0.5, 0.6) is 0 Å². The predicted octanol–water partition coefficient (Wildman–Crippen LogP) is 0.684. The molecule has 1 aromatic carbocycles. The SMILES string of the molecule is Cn1cc(-c2cccc(F)c2)nn1.O=c1cc[nH]c(=O)[nH]1. The van der Waals surface area contributed by atoms with Crippen molar-refractivity contribution in [3.8, 4) is 11.3 Å². The van der Waals surface area contributed by atoms with Crippen molar-refractivity contribution < 1.29 is 4.39 Å². The van der Waals surface area contributed by atoms with Crippen LogP contribution in [0.15, 0.2) is 52.3 Å². The summed E-state index contributed by atoms with van der Waals surface area (Å²) < 4.78 is 14.4. The molecule has 2 N–H and O–H groups in total. The molecule has 3 aromatic rings. The van der Waals surface area contributed by atoms with Crippen molar-refractivity contribution in [2.45, 2.75) is 0 Å². The Labute approximate surface area is 118 Å². The number of aromatic amines is 2. The molecule has 0 amide bonds. The van der Waals surface area contributed by atoms with Crippen molar-refractivity contribution in [2.75, 3.05) is 0 Å². The molecular weight excluding hydrogens is 277 g/mol. The van der Waals surface area contributed by atoms with Crippen LogP contribution in [-0.2, 0) is 7.05 Å². The highest BCUT2D eigenvalue weighted by atomic mass is 19.1. The fourth-order valence-corrected chi connectivity index (χ4v) is 1.51. The summed E-state index contributed by atoms with van der Waals surface area (Å²) in [5, 5.41) is 7.64. The number of H-pyrrole nitrogens is 2. The van der Waals surface area contributed by atoms with Crippen LogP contribution in [0, 0.1) is 5.82 Å². The molecule has 0 radical (unpaired) electrons. The molecule has 0 fully saturated rings. The van der Waals surface area contributed by atoms with Gasteiger partial charge in [-0.1, -0.05) is 17.3 Å². The molecule has 8 heteroatoms. The summed E-state index contributed by atoms with van der Waals surface area (Å²) in [6, 6.07) is 7.53. The van der Waals surface area contributed by atoms with E-state index in [4.69, 9.17) is 0 Å². The van der Waals surface area contributed by atoms with Crippen LogP contribution in [0.2, 0.25) is 0 Å². The van der Waals surface area contributed by atoms with Crippen LogP contribution in [0.3, 0.4) is 0 Å². The molecule has 0 saturated carbocycles. The topological polar surface area (TPSA) is 96.4 Å². The molecule has 7 nitrogen and oxygen atoms in total. The minimum absolute atomic E-state index is 0.261. The number of rotatable bonds is 1. The van der Waals surface area contributed by atoms with Crippen molar-refractivity contribution in [3.05, 3.63) is 69.4 Å². The number of hydrogen-bond acceptors (Lipinski definition) is 4. The highest BCUT2D eigenvalue weighted by Gasteiger charge is 2.02. The van der Waals surface area contributed by atoms with Crippen molar-refractivity contribution >= 4 is 0 Å². The minimum Gasteiger partial charge on any atom is -0.314 e. The van der Waals surface area contributed by atoms with E-state index in [0.717, 1.165) is 5.56 Å². The fourth-order valence-electron chi connectivity index (χ4n) is 1.51. The lowest BCUT2D eigenvalue weighted by Crippen LogP contribution is -2.19. The second-order valence-corrected chi connectivity index (χ2v) is 4.08. The molecule has 0 bridgehead atoms. The van der Waals surface area contributed by atoms with Gasteiger partial charge in [0.05, 0.1) is 6.20 Å². The number of nitrogens with one attached hydrogen (secondary N) is 2. The Bertz CT molecular complexity index is 811. The van der Waals surface area contributed by atoms with Gasteiger partial charge >= 0.3 is 5.69 Å². The van der Waals surface area contributed by atoms with E-state index >= 15 is 0 Å². The van der Waals surface area contributed by atoms with Gasteiger partial charge in [0.1, 0.15) is 11.5 Å². The van der Waals surface area contributed by atoms with Crippen molar-refractivity contribution in [3.63, 3.8) is 0 Å². The molecule has 2 aromatic heterocycles. The van der Waals surface area contributed by atoms with E-state index in [2.05, 4.69) is 15.3 Å². The zero-order chi connectivity index (χ0) is 15.2. The van der Waals surface area contributed by atoms with Gasteiger partial charge in [0.15, 0.2) is 0 Å². The van der Waals surface area contributed by atoms with Gasteiger partial charge in [-0.25, -0.2) is 9.18 Å². The first kappa shape index (κ1) is 14.4. The highest BCUT2D eigenvalue weighted by molar-refractivity contribution is 5.57. The Balaban J connectivity index is 0.000000173. The summed E-state index contributed by atoms with van der Waals surface area (Å²) in [5.41, 5.74) is 0.571. The summed E-state index contributed by atoms with van der Waals surface area (Å²) in [5.74, 6) is -0.261. The van der Waals surface area contributed by atoms with Crippen molar-refractivity contribution in [2.24, 2.45) is 7.05 Å². The third kappa shape index (κ3) is 4.23. The Morgan fingerprint density at radius 1 is 1.24 bits per heavy atom. The van der Waals surface area contributed by atoms with Crippen LogP contribution in [0.4, 0.5) is 4.39 Å². The van der Waals surface area contributed by atoms with Gasteiger partial charge < -0.3 is 4.98 Å². The number of halogens is 1. The summed E-state index contributed by atoms with van der Waals surface area (Å²) in [6.45, 7) is 0. The molecule has 0 aliphatic rings. The molecule has 2 heterocycles. The van der Waals surface area contributed by atoms with E-state index in [1.54, 1.807) is 30.1 Å². The van der Waals surface area contributed by atoms with Crippen molar-refractivity contribution in [1.82, 2.24) is 25.0 Å². The zero-order valence-electron chi connectivity index (χ0n) is 11.1. The Kier molecular flexibility index (Phi) is 4.39. The van der Waals surface area contributed by atoms with Crippen LogP contribution < -0.4 is 11.2 Å². The maximum absolute atomic E-state index is 12.8. The summed E-state index contributed by atoms with van der Waals surface area (Å²) in [7, 11) is 1.77. The number of hydrogen-bond donors (Lipinski definition) is 2. The van der Waals surface area contributed by atoms with Gasteiger partial charge in [0.2, 0.25) is 0 Å². The Hall–Kier alpha value is -3.03. The first-order valence-electron chi connectivity index (χ1n) is 5.95. The van der Waals surface area contributed by atoms with E-state index in [-0.39, 0.29) is 11.4 Å². The molecule has 21 heavy (non-hydrogen) atoms. The number of nitrogens with zero attached hydrogens (tertiary/aromatic N) is 3. The molecule has 108 valence electrons. The van der Waals surface area contributed by atoms with Crippen LogP contribution >= 0.6 is 0 Å². The quantitative estimate of drug-likeness (QED) is 0.688. The molecule has 0 aliphatic carbocycles. The van der Waals surface area contributed by atoms with E-state index < -0.39 is 5.69 Å². The molecular formula is C13H12FN5O2. The van der Waals surface area contributed by atoms with E-state index in [9.17, 15) is 14.0 Å². The van der Waals surface area contributed by atoms with Crippen LogP contribution in [0.25, 0.3) is 11.3 Å². The lowest BCUT2D eigenvalue weighted by molar-refractivity contribution is 0.628. The molecule has 0 saturated heterocycles. The molecule has 0 unspecified atom stereocenters. The minimum atomic E-state index is -0.475. The summed E-state index contributed by atoms with van der Waals surface area (Å²) in [6.07, 6.45) is 3.04. The van der Waals surface area contributed by atoms with Gasteiger partial charge in [-0.2, -0.15) is 0 Å². The fraction of sp³-hybridized carbons (Fsp3) is 0.0769. The van der Waals surface area contributed by atoms with Gasteiger partial charge in [-0.3, -0.25) is 14.5 Å². The lowest BCUT2D eigenvalue weighted by atomic mass is 10.2. The smallest absolute Gasteiger partial charge is 0.314 e. The second kappa shape index (κ2) is 6.42. The number of aryl methyl sites for hydroxylation is 1. The second-order valence-electron chi connectivity index (χ2n) is 4.08. The standard InChI is InChI=1S/C9H8FN3.C4H4N2O2/c1-13-6-9(11-12-13)7-3-2-4-8(10)5-7;7-3-1-2-5-4(8)6-3/h2-6H,1H3;1-2H,(H2,5,6,7,8). The molecule has 0 spiro atoms. The van der Waals surface area contributed by atoms with Gasteiger partial charge in [-0.15, -0.1) is 5.10 Å². The average Bonchev–Trinajstić information content (AvgIpc) is 2.86. The van der Waals surface area contributed by atoms with Crippen LogP contribution in [-0.4, -0.2) is 25.0 Å². The molecule has 0 aliphatic heterocycles. The lowest BCUT2D eigenvalue weighted by Gasteiger charge is -1.93. The number of aromatic nitrogens is 5. The third-order valence-electron chi connectivity index (χ3n) is 2.41. The van der Waals surface area contributed by atoms with Gasteiger partial charge in [0.25, 0.3) is 5.56 Å². The molecule has 0 atom stereocenters. The molecule has 3 rings (SSSR count). The normalized spacial score (nSPS) is 9.81. The van der Waals surface area contributed by atoms with Gasteiger partial charge in [-0.05, 0) is 12.1 Å². The van der Waals surface area contributed by atoms with E-state index in [1.807, 2.05) is 4.98 Å². The maximum atomic E-state index is 12.8. The number of benzene rings is 1. The Morgan fingerprint density at radius 2 is 2.05 bits per heavy atom. The average molecular weight is 289 g/mol. The van der Waals surface area contributed by atoms with E-state index in [1.165, 1.54) is 24.4 Å². The first-order valence-corrected chi connectivity index (χ1v) is 5.95. The van der Waals surface area contributed by atoms with E-state index in [0.29, 0.717) is 5.69 Å². The summed E-state index contributed by atoms with van der Waals surface area (Å²) in [4.78, 5) is 24.7. The highest BCUT2D eigenvalue weighted by Crippen LogP contribution is 2.16. The first-order chi connectivity index (χ1) is 10.0. The van der Waals surface area contributed by atoms with Crippen LogP contribution in [0.1, 0.15) is 0 Å². The Morgan fingerprint density at radius 3 is 2.57 bits per heavy atom. The van der Waals surface area contributed by atoms with Crippen molar-refractivity contribution in [1.29, 1.82) is 0 Å². The third-order valence-corrected chi connectivity index (χ3v) is 2.41. The largest absolute Gasteiger partial charge is 0.325 e. The predicted molar refractivity (Wildman–Crippen MR) is 74.1 cm³/mol. The monoisotopic (exact) mass is 289 g/mol. The zero-order valence-corrected chi connectivity index (χ0v) is 11.1. The summed E-state index contributed by atoms with van der Waals surface area (Å²) >= 11 is 0.